The van der Waals surface area contributed by atoms with E-state index in [1.54, 1.807) is 13.3 Å². The summed E-state index contributed by atoms with van der Waals surface area (Å²) in [7, 11) is 1.67. The van der Waals surface area contributed by atoms with Crippen LogP contribution >= 0.6 is 0 Å². The zero-order chi connectivity index (χ0) is 21.4. The van der Waals surface area contributed by atoms with Gasteiger partial charge < -0.3 is 14.6 Å². The summed E-state index contributed by atoms with van der Waals surface area (Å²) in [6.07, 6.45) is 6.69. The monoisotopic (exact) mass is 415 g/mol. The van der Waals surface area contributed by atoms with E-state index in [-0.39, 0.29) is 17.7 Å². The fraction of sp³-hybridized carbons (Fsp3) is 0.320. The molecule has 3 aromatic rings. The number of carbonyl (C=O) groups excluding carboxylic acids is 2. The summed E-state index contributed by atoms with van der Waals surface area (Å²) in [6.45, 7) is 1.19. The number of benzene rings is 1. The quantitative estimate of drug-likeness (QED) is 0.704. The molecule has 1 fully saturated rings. The maximum absolute atomic E-state index is 13.7. The minimum atomic E-state index is -0.0169. The third-order valence-electron chi connectivity index (χ3n) is 6.41. The van der Waals surface area contributed by atoms with E-state index in [0.717, 1.165) is 51.9 Å². The van der Waals surface area contributed by atoms with Crippen molar-refractivity contribution in [2.45, 2.75) is 25.7 Å². The lowest BCUT2D eigenvalue weighted by molar-refractivity contribution is -0.125. The molecule has 0 radical (unpaired) electrons. The summed E-state index contributed by atoms with van der Waals surface area (Å²) in [6, 6.07) is 11.7. The lowest BCUT2D eigenvalue weighted by Crippen LogP contribution is -2.42. The van der Waals surface area contributed by atoms with Crippen LogP contribution in [-0.4, -0.2) is 41.8 Å². The van der Waals surface area contributed by atoms with Gasteiger partial charge in [-0.3, -0.25) is 9.59 Å². The van der Waals surface area contributed by atoms with Crippen molar-refractivity contribution >= 4 is 34.4 Å². The molecule has 0 bridgehead atoms. The topological polar surface area (TPSA) is 75.4 Å². The molecule has 1 aromatic carbocycles. The van der Waals surface area contributed by atoms with E-state index in [1.165, 1.54) is 0 Å². The first-order valence-electron chi connectivity index (χ1n) is 10.8. The van der Waals surface area contributed by atoms with Crippen LogP contribution in [-0.2, 0) is 11.2 Å². The van der Waals surface area contributed by atoms with Crippen molar-refractivity contribution in [3.63, 3.8) is 0 Å². The third-order valence-corrected chi connectivity index (χ3v) is 6.41. The van der Waals surface area contributed by atoms with E-state index in [1.807, 2.05) is 47.4 Å². The van der Waals surface area contributed by atoms with Crippen LogP contribution in [0.3, 0.4) is 0 Å². The summed E-state index contributed by atoms with van der Waals surface area (Å²) < 4.78 is 5.50. The molecular formula is C25H25N3O3. The number of piperidine rings is 1. The Morgan fingerprint density at radius 1 is 1.13 bits per heavy atom. The summed E-state index contributed by atoms with van der Waals surface area (Å²) >= 11 is 0. The zero-order valence-electron chi connectivity index (χ0n) is 17.6. The predicted molar refractivity (Wildman–Crippen MR) is 119 cm³/mol. The van der Waals surface area contributed by atoms with Gasteiger partial charge in [-0.1, -0.05) is 18.2 Å². The minimum Gasteiger partial charge on any atom is -0.465 e. The van der Waals surface area contributed by atoms with Crippen LogP contribution in [0.25, 0.3) is 22.6 Å². The maximum Gasteiger partial charge on any atom is 0.254 e. The van der Waals surface area contributed by atoms with E-state index >= 15 is 0 Å². The second-order valence-electron chi connectivity index (χ2n) is 8.20. The highest BCUT2D eigenvalue weighted by Gasteiger charge is 2.32. The van der Waals surface area contributed by atoms with Crippen LogP contribution in [0.1, 0.15) is 46.6 Å². The molecule has 1 N–H and O–H groups in total. The van der Waals surface area contributed by atoms with Gasteiger partial charge in [-0.05, 0) is 61.1 Å². The predicted octanol–water partition coefficient (Wildman–Crippen LogP) is 3.91. The molecule has 2 aliphatic rings. The Kier molecular flexibility index (Phi) is 5.06. The van der Waals surface area contributed by atoms with Crippen molar-refractivity contribution in [3.05, 3.63) is 65.2 Å². The van der Waals surface area contributed by atoms with Gasteiger partial charge in [0.2, 0.25) is 5.91 Å². The molecule has 6 nitrogen and oxygen atoms in total. The van der Waals surface area contributed by atoms with Gasteiger partial charge in [-0.25, -0.2) is 4.98 Å². The number of rotatable bonds is 3. The summed E-state index contributed by atoms with van der Waals surface area (Å²) in [5, 5.41) is 3.63. The number of furan rings is 1. The minimum absolute atomic E-state index is 0.0169. The number of likely N-dealkylation sites (tertiary alicyclic amines) is 1. The van der Waals surface area contributed by atoms with E-state index in [0.29, 0.717) is 25.9 Å². The molecule has 0 atom stereocenters. The average Bonchev–Trinajstić information content (AvgIpc) is 3.47. The number of aromatic nitrogens is 1. The van der Waals surface area contributed by atoms with Crippen molar-refractivity contribution in [1.29, 1.82) is 0 Å². The number of allylic oxidation sites excluding steroid dienone is 1. The Morgan fingerprint density at radius 2 is 1.94 bits per heavy atom. The van der Waals surface area contributed by atoms with Gasteiger partial charge >= 0.3 is 0 Å². The fourth-order valence-electron chi connectivity index (χ4n) is 4.78. The molecule has 5 rings (SSSR count). The average molecular weight is 415 g/mol. The van der Waals surface area contributed by atoms with Crippen molar-refractivity contribution in [2.75, 3.05) is 20.1 Å². The molecule has 2 aromatic heterocycles. The Bertz CT molecular complexity index is 1170. The number of pyridine rings is 1. The Hall–Kier alpha value is -3.41. The highest BCUT2D eigenvalue weighted by atomic mass is 16.3. The normalized spacial score (nSPS) is 17.8. The van der Waals surface area contributed by atoms with Crippen LogP contribution in [0.4, 0.5) is 0 Å². The molecule has 1 aliphatic heterocycles. The second-order valence-corrected chi connectivity index (χ2v) is 8.20. The Balaban J connectivity index is 1.53. The molecular weight excluding hydrogens is 390 g/mol. The van der Waals surface area contributed by atoms with Crippen LogP contribution in [0.2, 0.25) is 0 Å². The summed E-state index contributed by atoms with van der Waals surface area (Å²) in [4.78, 5) is 32.5. The van der Waals surface area contributed by atoms with Crippen LogP contribution in [0.15, 0.2) is 47.1 Å². The number of hydrogen-bond acceptors (Lipinski definition) is 4. The number of amides is 2. The molecule has 1 saturated heterocycles. The smallest absolute Gasteiger partial charge is 0.254 e. The number of fused-ring (bicyclic) bond motifs is 2. The van der Waals surface area contributed by atoms with Gasteiger partial charge in [0.1, 0.15) is 5.76 Å². The first-order valence-corrected chi connectivity index (χ1v) is 10.8. The Morgan fingerprint density at radius 3 is 2.68 bits per heavy atom. The number of hydrogen-bond donors (Lipinski definition) is 1. The first-order chi connectivity index (χ1) is 15.2. The number of carbonyl (C=O) groups is 2. The molecule has 1 aliphatic carbocycles. The fourth-order valence-corrected chi connectivity index (χ4v) is 4.78. The van der Waals surface area contributed by atoms with Crippen molar-refractivity contribution in [3.8, 4) is 0 Å². The first kappa shape index (κ1) is 19.5. The maximum atomic E-state index is 13.7. The van der Waals surface area contributed by atoms with E-state index in [9.17, 15) is 9.59 Å². The lowest BCUT2D eigenvalue weighted by atomic mass is 9.94. The standard InChI is InChI=1S/C25H25N3O3/c1-26-24(29)16-10-12-28(13-11-16)25(30)22-19-6-2-3-7-21(19)27-23-17(8-9-20(22)23)15-18-5-4-14-31-18/h2-7,14-16H,8-13H2,1H3,(H,26,29)/b17-15+. The molecule has 3 heterocycles. The molecule has 0 saturated carbocycles. The number of para-hydroxylation sites is 1. The number of nitrogens with one attached hydrogen (secondary N) is 1. The van der Waals surface area contributed by atoms with Crippen LogP contribution in [0, 0.1) is 5.92 Å². The van der Waals surface area contributed by atoms with Gasteiger partial charge in [-0.15, -0.1) is 0 Å². The highest BCUT2D eigenvalue weighted by Crippen LogP contribution is 2.38. The molecule has 0 spiro atoms. The van der Waals surface area contributed by atoms with Crippen molar-refractivity contribution < 1.29 is 14.0 Å². The van der Waals surface area contributed by atoms with Gasteiger partial charge in [0.25, 0.3) is 5.91 Å². The van der Waals surface area contributed by atoms with Crippen LogP contribution < -0.4 is 5.32 Å². The van der Waals surface area contributed by atoms with Gasteiger partial charge in [0.05, 0.1) is 23.0 Å². The van der Waals surface area contributed by atoms with Crippen LogP contribution in [0.5, 0.6) is 0 Å². The van der Waals surface area contributed by atoms with Crippen molar-refractivity contribution in [1.82, 2.24) is 15.2 Å². The molecule has 2 amide bonds. The summed E-state index contributed by atoms with van der Waals surface area (Å²) in [5.74, 6) is 0.887. The van der Waals surface area contributed by atoms with E-state index in [4.69, 9.17) is 9.40 Å². The van der Waals surface area contributed by atoms with Crippen molar-refractivity contribution in [2.24, 2.45) is 5.92 Å². The molecule has 31 heavy (non-hydrogen) atoms. The van der Waals surface area contributed by atoms with Gasteiger partial charge in [0, 0.05) is 31.4 Å². The zero-order valence-corrected chi connectivity index (χ0v) is 17.6. The highest BCUT2D eigenvalue weighted by molar-refractivity contribution is 6.09. The van der Waals surface area contributed by atoms with Gasteiger partial charge in [0.15, 0.2) is 0 Å². The lowest BCUT2D eigenvalue weighted by Gasteiger charge is -2.32. The largest absolute Gasteiger partial charge is 0.465 e. The van der Waals surface area contributed by atoms with Gasteiger partial charge in [-0.2, -0.15) is 0 Å². The second kappa shape index (κ2) is 8.02. The number of nitrogens with zero attached hydrogens (tertiary/aromatic N) is 2. The van der Waals surface area contributed by atoms with E-state index < -0.39 is 0 Å². The SMILES string of the molecule is CNC(=O)C1CCN(C(=O)c2c3c(nc4ccccc24)/C(=C/c2ccco2)CC3)CC1. The third kappa shape index (κ3) is 3.52. The molecule has 0 unspecified atom stereocenters. The molecule has 158 valence electrons. The summed E-state index contributed by atoms with van der Waals surface area (Å²) in [5.41, 5.74) is 4.62. The molecule has 6 heteroatoms. The Labute approximate surface area is 180 Å². The van der Waals surface area contributed by atoms with E-state index in [2.05, 4.69) is 5.32 Å².